The van der Waals surface area contributed by atoms with Crippen molar-refractivity contribution in [1.29, 1.82) is 0 Å². The van der Waals surface area contributed by atoms with Gasteiger partial charge >= 0.3 is 0 Å². The van der Waals surface area contributed by atoms with E-state index in [1.165, 1.54) is 16.7 Å². The van der Waals surface area contributed by atoms with Gasteiger partial charge in [-0.2, -0.15) is 0 Å². The van der Waals surface area contributed by atoms with Crippen LogP contribution in [-0.2, 0) is 0 Å². The maximum Gasteiger partial charge on any atom is 0.203 e. The first kappa shape index (κ1) is 17.3. The van der Waals surface area contributed by atoms with Crippen molar-refractivity contribution in [3.05, 3.63) is 71.6 Å². The van der Waals surface area contributed by atoms with Crippen molar-refractivity contribution < 1.29 is 4.42 Å². The molecule has 0 unspecified atom stereocenters. The van der Waals surface area contributed by atoms with Crippen LogP contribution in [0.15, 0.2) is 65.1 Å². The minimum atomic E-state index is 0.905. The van der Waals surface area contributed by atoms with Crippen molar-refractivity contribution in [2.45, 2.75) is 6.92 Å². The average Bonchev–Trinajstić information content (AvgIpc) is 2.65. The standard InChI is InChI=1S/C24H25N2O/c1-16-8-6-7-9-19(16)24-20-12-10-17(25(2)3)14-22(20)27-23-15-18(26(4)5)11-13-21(23)24/h6-15H,1-5H3/q+1. The van der Waals surface area contributed by atoms with E-state index in [0.717, 1.165) is 33.3 Å². The van der Waals surface area contributed by atoms with Crippen LogP contribution < -0.4 is 14.8 Å². The number of fused-ring (bicyclic) bond motifs is 2. The average molecular weight is 357 g/mol. The third-order valence-electron chi connectivity index (χ3n) is 5.14. The van der Waals surface area contributed by atoms with Crippen LogP contribution in [0, 0.1) is 6.92 Å². The summed E-state index contributed by atoms with van der Waals surface area (Å²) < 4.78 is 8.48. The lowest BCUT2D eigenvalue weighted by Crippen LogP contribution is -2.21. The maximum absolute atomic E-state index is 6.38. The second kappa shape index (κ2) is 6.58. The molecule has 2 aromatic rings. The van der Waals surface area contributed by atoms with Gasteiger partial charge in [0.05, 0.1) is 6.07 Å². The summed E-state index contributed by atoms with van der Waals surface area (Å²) in [7, 11) is 8.20. The van der Waals surface area contributed by atoms with Gasteiger partial charge in [-0.1, -0.05) is 24.3 Å². The number of nitrogens with zero attached hydrogens (tertiary/aromatic N) is 2. The molecule has 136 valence electrons. The fraction of sp³-hybridized carbons (Fsp3) is 0.208. The molecule has 0 saturated carbocycles. The first-order valence-corrected chi connectivity index (χ1v) is 9.20. The molecule has 27 heavy (non-hydrogen) atoms. The molecular weight excluding hydrogens is 332 g/mol. The van der Waals surface area contributed by atoms with E-state index in [9.17, 15) is 0 Å². The smallest absolute Gasteiger partial charge is 0.203 e. The number of aryl methyl sites for hydroxylation is 1. The number of hydrogen-bond donors (Lipinski definition) is 0. The fourth-order valence-corrected chi connectivity index (χ4v) is 3.57. The Balaban J connectivity index is 2.18. The monoisotopic (exact) mass is 357 g/mol. The van der Waals surface area contributed by atoms with E-state index in [4.69, 9.17) is 4.42 Å². The zero-order valence-electron chi connectivity index (χ0n) is 16.6. The van der Waals surface area contributed by atoms with Gasteiger partial charge in [-0.25, -0.2) is 4.58 Å². The summed E-state index contributed by atoms with van der Waals surface area (Å²) in [5, 5.41) is 2.27. The summed E-state index contributed by atoms with van der Waals surface area (Å²) in [5.41, 5.74) is 6.92. The summed E-state index contributed by atoms with van der Waals surface area (Å²) in [5.74, 6) is 0.905. The van der Waals surface area contributed by atoms with Crippen molar-refractivity contribution in [3.63, 3.8) is 0 Å². The molecule has 1 aliphatic carbocycles. The van der Waals surface area contributed by atoms with Gasteiger partial charge in [0.2, 0.25) is 5.36 Å². The van der Waals surface area contributed by atoms with Crippen LogP contribution >= 0.6 is 0 Å². The SMILES string of the molecule is Cc1ccccc1-c1c2ccc(=[N+](C)C)cc-2oc2cc(N(C)C)ccc12. The molecule has 0 N–H and O–H groups in total. The quantitative estimate of drug-likeness (QED) is 0.385. The summed E-state index contributed by atoms with van der Waals surface area (Å²) in [6, 6.07) is 21.5. The highest BCUT2D eigenvalue weighted by molar-refractivity contribution is 6.03. The molecule has 3 heteroatoms. The second-order valence-corrected chi connectivity index (χ2v) is 7.44. The van der Waals surface area contributed by atoms with Gasteiger partial charge in [0, 0.05) is 48.4 Å². The van der Waals surface area contributed by atoms with Crippen LogP contribution in [0.4, 0.5) is 5.69 Å². The Kier molecular flexibility index (Phi) is 4.23. The highest BCUT2D eigenvalue weighted by atomic mass is 16.3. The largest absolute Gasteiger partial charge is 0.456 e. The molecule has 0 atom stereocenters. The predicted molar refractivity (Wildman–Crippen MR) is 114 cm³/mol. The first-order chi connectivity index (χ1) is 13.0. The first-order valence-electron chi connectivity index (χ1n) is 9.20. The molecule has 0 amide bonds. The molecule has 1 heterocycles. The molecule has 0 bridgehead atoms. The van der Waals surface area contributed by atoms with Crippen LogP contribution in [-0.4, -0.2) is 28.2 Å². The molecule has 2 aromatic carbocycles. The van der Waals surface area contributed by atoms with Gasteiger partial charge in [0.15, 0.2) is 0 Å². The van der Waals surface area contributed by atoms with Crippen LogP contribution in [0.5, 0.6) is 0 Å². The Hall–Kier alpha value is -3.07. The Labute approximate surface area is 160 Å². The Bertz CT molecular complexity index is 1180. The minimum absolute atomic E-state index is 0.905. The van der Waals surface area contributed by atoms with Crippen LogP contribution in [0.1, 0.15) is 5.56 Å². The fourth-order valence-electron chi connectivity index (χ4n) is 3.57. The topological polar surface area (TPSA) is 19.4 Å². The molecule has 2 aliphatic rings. The van der Waals surface area contributed by atoms with Crippen molar-refractivity contribution in [1.82, 2.24) is 4.58 Å². The Morgan fingerprint density at radius 3 is 2.33 bits per heavy atom. The van der Waals surface area contributed by atoms with Gasteiger partial charge in [0.25, 0.3) is 0 Å². The highest BCUT2D eigenvalue weighted by Crippen LogP contribution is 2.41. The van der Waals surface area contributed by atoms with Gasteiger partial charge in [0.1, 0.15) is 25.4 Å². The van der Waals surface area contributed by atoms with Crippen molar-refractivity contribution in [2.24, 2.45) is 0 Å². The number of benzene rings is 3. The minimum Gasteiger partial charge on any atom is -0.456 e. The van der Waals surface area contributed by atoms with E-state index < -0.39 is 0 Å². The summed E-state index contributed by atoms with van der Waals surface area (Å²) in [6.45, 7) is 2.17. The van der Waals surface area contributed by atoms with Crippen LogP contribution in [0.2, 0.25) is 0 Å². The summed E-state index contributed by atoms with van der Waals surface area (Å²) in [6.07, 6.45) is 0. The van der Waals surface area contributed by atoms with Gasteiger partial charge < -0.3 is 9.32 Å². The molecular formula is C24H25N2O+. The third-order valence-corrected chi connectivity index (χ3v) is 5.14. The van der Waals surface area contributed by atoms with Gasteiger partial charge in [-0.3, -0.25) is 0 Å². The Morgan fingerprint density at radius 1 is 0.852 bits per heavy atom. The number of anilines is 1. The molecule has 4 rings (SSSR count). The van der Waals surface area contributed by atoms with E-state index in [1.54, 1.807) is 0 Å². The van der Waals surface area contributed by atoms with E-state index >= 15 is 0 Å². The second-order valence-electron chi connectivity index (χ2n) is 7.44. The van der Waals surface area contributed by atoms with Gasteiger partial charge in [-0.15, -0.1) is 0 Å². The molecule has 0 spiro atoms. The molecule has 3 nitrogen and oxygen atoms in total. The molecule has 0 fully saturated rings. The molecule has 0 saturated heterocycles. The van der Waals surface area contributed by atoms with Crippen molar-refractivity contribution in [2.75, 3.05) is 33.1 Å². The van der Waals surface area contributed by atoms with Crippen LogP contribution in [0.25, 0.3) is 33.4 Å². The van der Waals surface area contributed by atoms with Crippen molar-refractivity contribution in [3.8, 4) is 22.5 Å². The molecule has 0 radical (unpaired) electrons. The van der Waals surface area contributed by atoms with Crippen LogP contribution in [0.3, 0.4) is 0 Å². The normalized spacial score (nSPS) is 11.1. The lowest BCUT2D eigenvalue weighted by Gasteiger charge is -2.18. The zero-order chi connectivity index (χ0) is 19.1. The van der Waals surface area contributed by atoms with E-state index in [-0.39, 0.29) is 0 Å². The molecule has 0 aromatic heterocycles. The number of hydrogen-bond acceptors (Lipinski definition) is 2. The summed E-state index contributed by atoms with van der Waals surface area (Å²) >= 11 is 0. The number of rotatable bonds is 2. The lowest BCUT2D eigenvalue weighted by molar-refractivity contribution is 0.617. The van der Waals surface area contributed by atoms with E-state index in [0.29, 0.717) is 0 Å². The third kappa shape index (κ3) is 2.99. The lowest BCUT2D eigenvalue weighted by atomic mass is 9.91. The Morgan fingerprint density at radius 2 is 1.63 bits per heavy atom. The van der Waals surface area contributed by atoms with E-state index in [2.05, 4.69) is 105 Å². The zero-order valence-corrected chi connectivity index (χ0v) is 16.6. The maximum atomic E-state index is 6.38. The highest BCUT2D eigenvalue weighted by Gasteiger charge is 2.19. The molecule has 1 aliphatic heterocycles. The predicted octanol–water partition coefficient (Wildman–Crippen LogP) is 4.61. The van der Waals surface area contributed by atoms with Crippen molar-refractivity contribution >= 4 is 16.7 Å². The summed E-state index contributed by atoms with van der Waals surface area (Å²) in [4.78, 5) is 2.10. The van der Waals surface area contributed by atoms with Gasteiger partial charge in [-0.05, 0) is 36.2 Å². The van der Waals surface area contributed by atoms with E-state index in [1.807, 2.05) is 0 Å².